The minimum Gasteiger partial charge on any atom is -0.468 e. The molecule has 0 radical (unpaired) electrons. The van der Waals surface area contributed by atoms with Gasteiger partial charge in [0.25, 0.3) is 0 Å². The molecule has 0 saturated carbocycles. The lowest BCUT2D eigenvalue weighted by molar-refractivity contribution is 0.233. The number of likely N-dealkylation sites (N-methyl/N-ethyl adjacent to an activating group) is 1. The Morgan fingerprint density at radius 3 is 2.80 bits per heavy atom. The fraction of sp³-hybridized carbons (Fsp3) is 0.444. The fourth-order valence-electron chi connectivity index (χ4n) is 3.05. The van der Waals surface area contributed by atoms with E-state index in [0.29, 0.717) is 6.54 Å². The van der Waals surface area contributed by atoms with Crippen LogP contribution in [-0.4, -0.2) is 49.6 Å². The Morgan fingerprint density at radius 1 is 1.32 bits per heavy atom. The number of nitrogens with zero attached hydrogens (tertiary/aromatic N) is 3. The van der Waals surface area contributed by atoms with Gasteiger partial charge in [-0.25, -0.2) is 9.78 Å². The van der Waals surface area contributed by atoms with Crippen molar-refractivity contribution in [2.45, 2.75) is 18.9 Å². The first-order chi connectivity index (χ1) is 12.1. The molecule has 2 amide bonds. The SMILES string of the molecule is CN(C)C(CNC(=O)Nc1cccnc1N1CCCC1)c1ccco1. The van der Waals surface area contributed by atoms with Gasteiger partial charge in [0.05, 0.1) is 18.0 Å². The van der Waals surface area contributed by atoms with Crippen LogP contribution in [0.25, 0.3) is 0 Å². The lowest BCUT2D eigenvalue weighted by Crippen LogP contribution is -2.37. The van der Waals surface area contributed by atoms with Gasteiger partial charge in [-0.1, -0.05) is 0 Å². The predicted molar refractivity (Wildman–Crippen MR) is 97.8 cm³/mol. The van der Waals surface area contributed by atoms with Crippen molar-refractivity contribution in [2.75, 3.05) is 43.9 Å². The molecule has 1 saturated heterocycles. The van der Waals surface area contributed by atoms with Crippen molar-refractivity contribution >= 4 is 17.5 Å². The first kappa shape index (κ1) is 17.3. The molecule has 3 rings (SSSR count). The van der Waals surface area contributed by atoms with Crippen LogP contribution in [0.3, 0.4) is 0 Å². The monoisotopic (exact) mass is 343 g/mol. The molecule has 7 nitrogen and oxygen atoms in total. The molecule has 1 aliphatic rings. The van der Waals surface area contributed by atoms with Gasteiger partial charge in [-0.3, -0.25) is 4.90 Å². The van der Waals surface area contributed by atoms with Gasteiger partial charge < -0.3 is 20.0 Å². The summed E-state index contributed by atoms with van der Waals surface area (Å²) in [6.07, 6.45) is 5.73. The summed E-state index contributed by atoms with van der Waals surface area (Å²) in [5, 5.41) is 5.84. The smallest absolute Gasteiger partial charge is 0.319 e. The van der Waals surface area contributed by atoms with Crippen molar-refractivity contribution in [3.05, 3.63) is 42.5 Å². The number of aromatic nitrogens is 1. The molecule has 134 valence electrons. The average Bonchev–Trinajstić information content (AvgIpc) is 3.29. The summed E-state index contributed by atoms with van der Waals surface area (Å²) < 4.78 is 5.46. The molecule has 3 heterocycles. The Kier molecular flexibility index (Phi) is 5.55. The molecule has 7 heteroatoms. The van der Waals surface area contributed by atoms with Gasteiger partial charge in [-0.15, -0.1) is 0 Å². The van der Waals surface area contributed by atoms with E-state index in [4.69, 9.17) is 4.42 Å². The number of nitrogens with one attached hydrogen (secondary N) is 2. The lowest BCUT2D eigenvalue weighted by atomic mass is 10.2. The molecule has 2 aromatic rings. The highest BCUT2D eigenvalue weighted by atomic mass is 16.3. The van der Waals surface area contributed by atoms with Crippen molar-refractivity contribution in [3.63, 3.8) is 0 Å². The highest BCUT2D eigenvalue weighted by Crippen LogP contribution is 2.26. The molecule has 1 atom stereocenters. The maximum Gasteiger partial charge on any atom is 0.319 e. The molecular weight excluding hydrogens is 318 g/mol. The average molecular weight is 343 g/mol. The molecule has 0 aromatic carbocycles. The standard InChI is InChI=1S/C18H25N5O2/c1-22(2)15(16-8-6-12-25-16)13-20-18(24)21-14-7-5-9-19-17(14)23-10-3-4-11-23/h5-9,12,15H,3-4,10-11,13H2,1-2H3,(H2,20,21,24). The van der Waals surface area contributed by atoms with Crippen LogP contribution in [0.15, 0.2) is 41.1 Å². The first-order valence-electron chi connectivity index (χ1n) is 8.60. The molecule has 1 aliphatic heterocycles. The van der Waals surface area contributed by atoms with E-state index in [2.05, 4.69) is 20.5 Å². The number of pyridine rings is 1. The van der Waals surface area contributed by atoms with Crippen LogP contribution >= 0.6 is 0 Å². The summed E-state index contributed by atoms with van der Waals surface area (Å²) in [5.41, 5.74) is 0.737. The quantitative estimate of drug-likeness (QED) is 0.844. The number of furan rings is 1. The molecule has 2 N–H and O–H groups in total. The number of urea groups is 1. The Labute approximate surface area is 148 Å². The molecule has 2 aromatic heterocycles. The molecule has 0 spiro atoms. The summed E-state index contributed by atoms with van der Waals surface area (Å²) in [6.45, 7) is 2.41. The minimum atomic E-state index is -0.244. The number of hydrogen-bond acceptors (Lipinski definition) is 5. The van der Waals surface area contributed by atoms with Gasteiger partial charge in [0, 0.05) is 25.8 Å². The number of amides is 2. The second-order valence-corrected chi connectivity index (χ2v) is 6.40. The van der Waals surface area contributed by atoms with Gasteiger partial charge in [0.2, 0.25) is 0 Å². The molecule has 1 unspecified atom stereocenters. The van der Waals surface area contributed by atoms with Crippen LogP contribution < -0.4 is 15.5 Å². The molecular formula is C18H25N5O2. The first-order valence-corrected chi connectivity index (χ1v) is 8.60. The summed E-state index contributed by atoms with van der Waals surface area (Å²) in [6, 6.07) is 7.22. The van der Waals surface area contributed by atoms with Crippen LogP contribution in [-0.2, 0) is 0 Å². The van der Waals surface area contributed by atoms with E-state index < -0.39 is 0 Å². The Morgan fingerprint density at radius 2 is 2.12 bits per heavy atom. The van der Waals surface area contributed by atoms with Crippen molar-refractivity contribution in [1.82, 2.24) is 15.2 Å². The molecule has 0 bridgehead atoms. The van der Waals surface area contributed by atoms with Crippen LogP contribution in [0.5, 0.6) is 0 Å². The van der Waals surface area contributed by atoms with Crippen molar-refractivity contribution in [2.24, 2.45) is 0 Å². The number of carbonyl (C=O) groups is 1. The highest BCUT2D eigenvalue weighted by molar-refractivity contribution is 5.92. The Balaban J connectivity index is 1.61. The summed E-state index contributed by atoms with van der Waals surface area (Å²) in [4.78, 5) is 21.0. The summed E-state index contributed by atoms with van der Waals surface area (Å²) in [5.74, 6) is 1.66. The lowest BCUT2D eigenvalue weighted by Gasteiger charge is -2.23. The second kappa shape index (κ2) is 8.02. The number of anilines is 2. The van der Waals surface area contributed by atoms with E-state index in [1.807, 2.05) is 43.3 Å². The maximum atomic E-state index is 12.4. The molecule has 0 aliphatic carbocycles. The van der Waals surface area contributed by atoms with Gasteiger partial charge in [-0.2, -0.15) is 0 Å². The topological polar surface area (TPSA) is 73.6 Å². The number of rotatable bonds is 6. The fourth-order valence-corrected chi connectivity index (χ4v) is 3.05. The van der Waals surface area contributed by atoms with Gasteiger partial charge in [0.15, 0.2) is 5.82 Å². The van der Waals surface area contributed by atoms with E-state index in [0.717, 1.165) is 43.2 Å². The van der Waals surface area contributed by atoms with Crippen LogP contribution in [0.4, 0.5) is 16.3 Å². The van der Waals surface area contributed by atoms with Crippen LogP contribution in [0, 0.1) is 0 Å². The van der Waals surface area contributed by atoms with Crippen LogP contribution in [0.2, 0.25) is 0 Å². The third kappa shape index (κ3) is 4.30. The summed E-state index contributed by atoms with van der Waals surface area (Å²) in [7, 11) is 3.92. The van der Waals surface area contributed by atoms with Crippen molar-refractivity contribution in [1.29, 1.82) is 0 Å². The predicted octanol–water partition coefficient (Wildman–Crippen LogP) is 2.70. The van der Waals surface area contributed by atoms with Gasteiger partial charge in [0.1, 0.15) is 5.76 Å². The van der Waals surface area contributed by atoms with E-state index in [9.17, 15) is 4.79 Å². The van der Waals surface area contributed by atoms with E-state index >= 15 is 0 Å². The van der Waals surface area contributed by atoms with E-state index in [1.165, 1.54) is 0 Å². The van der Waals surface area contributed by atoms with E-state index in [1.54, 1.807) is 12.5 Å². The zero-order chi connectivity index (χ0) is 17.6. The normalized spacial score (nSPS) is 15.4. The third-order valence-electron chi connectivity index (χ3n) is 4.39. The Bertz CT molecular complexity index is 681. The zero-order valence-electron chi connectivity index (χ0n) is 14.7. The van der Waals surface area contributed by atoms with E-state index in [-0.39, 0.29) is 12.1 Å². The molecule has 25 heavy (non-hydrogen) atoms. The maximum absolute atomic E-state index is 12.4. The van der Waals surface area contributed by atoms with Gasteiger partial charge >= 0.3 is 6.03 Å². The minimum absolute atomic E-state index is 0.0206. The highest BCUT2D eigenvalue weighted by Gasteiger charge is 2.20. The molecule has 1 fully saturated rings. The summed E-state index contributed by atoms with van der Waals surface area (Å²) >= 11 is 0. The Hall–Kier alpha value is -2.54. The van der Waals surface area contributed by atoms with Gasteiger partial charge in [-0.05, 0) is 51.2 Å². The largest absolute Gasteiger partial charge is 0.468 e. The third-order valence-corrected chi connectivity index (χ3v) is 4.39. The number of carbonyl (C=O) groups excluding carboxylic acids is 1. The number of hydrogen-bond donors (Lipinski definition) is 2. The van der Waals surface area contributed by atoms with Crippen molar-refractivity contribution < 1.29 is 9.21 Å². The second-order valence-electron chi connectivity index (χ2n) is 6.40. The van der Waals surface area contributed by atoms with Crippen LogP contribution in [0.1, 0.15) is 24.6 Å². The zero-order valence-corrected chi connectivity index (χ0v) is 14.7. The van der Waals surface area contributed by atoms with Crippen molar-refractivity contribution in [3.8, 4) is 0 Å².